The number of imidazole rings is 1. The van der Waals surface area contributed by atoms with Crippen molar-refractivity contribution < 1.29 is 9.53 Å². The second-order valence-electron chi connectivity index (χ2n) is 7.52. The molecule has 0 aliphatic carbocycles. The number of ether oxygens (including phenoxy) is 1. The van der Waals surface area contributed by atoms with Crippen molar-refractivity contribution in [3.05, 3.63) is 108 Å². The summed E-state index contributed by atoms with van der Waals surface area (Å²) in [7, 11) is 1.61. The van der Waals surface area contributed by atoms with E-state index in [-0.39, 0.29) is 11.9 Å². The molecule has 32 heavy (non-hydrogen) atoms. The Morgan fingerprint density at radius 2 is 1.66 bits per heavy atom. The fraction of sp³-hybridized carbons (Fsp3) is 0.154. The van der Waals surface area contributed by atoms with Gasteiger partial charge in [-0.3, -0.25) is 0 Å². The normalized spacial score (nSPS) is 10.7. The van der Waals surface area contributed by atoms with Gasteiger partial charge in [0.25, 0.3) is 0 Å². The first-order valence-corrected chi connectivity index (χ1v) is 10.5. The van der Waals surface area contributed by atoms with Crippen LogP contribution in [0.3, 0.4) is 0 Å². The van der Waals surface area contributed by atoms with Gasteiger partial charge in [0.15, 0.2) is 0 Å². The number of rotatable bonds is 7. The molecular formula is C26H26N4O2. The highest BCUT2D eigenvalue weighted by atomic mass is 16.5. The highest BCUT2D eigenvalue weighted by Crippen LogP contribution is 2.27. The molecule has 0 atom stereocenters. The number of urea groups is 1. The van der Waals surface area contributed by atoms with Crippen LogP contribution in [0.1, 0.15) is 22.7 Å². The molecule has 6 nitrogen and oxygen atoms in total. The van der Waals surface area contributed by atoms with Crippen LogP contribution >= 0.6 is 0 Å². The van der Waals surface area contributed by atoms with E-state index >= 15 is 0 Å². The van der Waals surface area contributed by atoms with Gasteiger partial charge in [0.2, 0.25) is 0 Å². The summed E-state index contributed by atoms with van der Waals surface area (Å²) in [6.07, 6.45) is 3.66. The van der Waals surface area contributed by atoms with E-state index in [1.807, 2.05) is 66.2 Å². The van der Waals surface area contributed by atoms with Crippen LogP contribution in [0.4, 0.5) is 10.5 Å². The summed E-state index contributed by atoms with van der Waals surface area (Å²) in [6, 6.07) is 25.6. The standard InChI is InChI=1S/C26H26N4O2/c1-19-17-30(18-28-19)24-14-13-22(15-25(24)32-2)29-26(31)27-16-23(20-9-5-3-6-10-20)21-11-7-4-8-12-21/h3-15,17-18,23H,16H2,1-2H3,(H2,27,29,31). The number of nitrogens with one attached hydrogen (secondary N) is 2. The first kappa shape index (κ1) is 21.2. The predicted octanol–water partition coefficient (Wildman–Crippen LogP) is 5.14. The predicted molar refractivity (Wildman–Crippen MR) is 127 cm³/mol. The molecule has 0 unspecified atom stereocenters. The maximum Gasteiger partial charge on any atom is 0.319 e. The van der Waals surface area contributed by atoms with Crippen molar-refractivity contribution in [2.24, 2.45) is 0 Å². The summed E-state index contributed by atoms with van der Waals surface area (Å²) >= 11 is 0. The Bertz CT molecular complexity index is 1130. The van der Waals surface area contributed by atoms with E-state index in [0.717, 1.165) is 22.5 Å². The van der Waals surface area contributed by atoms with Crippen LogP contribution in [-0.4, -0.2) is 29.2 Å². The molecule has 4 rings (SSSR count). The van der Waals surface area contributed by atoms with E-state index in [1.54, 1.807) is 19.5 Å². The molecule has 6 heteroatoms. The number of nitrogens with zero attached hydrogens (tertiary/aromatic N) is 2. The van der Waals surface area contributed by atoms with Gasteiger partial charge in [-0.2, -0.15) is 0 Å². The molecule has 0 saturated carbocycles. The monoisotopic (exact) mass is 426 g/mol. The molecule has 0 radical (unpaired) electrons. The Balaban J connectivity index is 1.46. The van der Waals surface area contributed by atoms with Crippen LogP contribution in [0.5, 0.6) is 5.75 Å². The number of amides is 2. The summed E-state index contributed by atoms with van der Waals surface area (Å²) in [6.45, 7) is 2.41. The van der Waals surface area contributed by atoms with Crippen molar-refractivity contribution in [3.8, 4) is 11.4 Å². The van der Waals surface area contributed by atoms with E-state index < -0.39 is 0 Å². The van der Waals surface area contributed by atoms with Crippen molar-refractivity contribution in [3.63, 3.8) is 0 Å². The van der Waals surface area contributed by atoms with E-state index in [9.17, 15) is 4.79 Å². The number of benzene rings is 3. The third-order valence-corrected chi connectivity index (χ3v) is 5.30. The van der Waals surface area contributed by atoms with Gasteiger partial charge in [-0.25, -0.2) is 9.78 Å². The molecule has 3 aromatic carbocycles. The van der Waals surface area contributed by atoms with E-state index in [2.05, 4.69) is 39.9 Å². The minimum atomic E-state index is -0.268. The summed E-state index contributed by atoms with van der Waals surface area (Å²) < 4.78 is 7.42. The lowest BCUT2D eigenvalue weighted by atomic mass is 9.91. The summed E-state index contributed by atoms with van der Waals surface area (Å²) in [5.74, 6) is 0.705. The first-order valence-electron chi connectivity index (χ1n) is 10.5. The highest BCUT2D eigenvalue weighted by Gasteiger charge is 2.15. The minimum absolute atomic E-state index is 0.0598. The van der Waals surface area contributed by atoms with Gasteiger partial charge in [0.1, 0.15) is 5.75 Å². The number of aromatic nitrogens is 2. The Kier molecular flexibility index (Phi) is 6.51. The fourth-order valence-corrected chi connectivity index (χ4v) is 3.69. The second-order valence-corrected chi connectivity index (χ2v) is 7.52. The average Bonchev–Trinajstić information content (AvgIpc) is 3.26. The smallest absolute Gasteiger partial charge is 0.319 e. The van der Waals surface area contributed by atoms with Crippen molar-refractivity contribution in [2.75, 3.05) is 19.0 Å². The number of carbonyl (C=O) groups excluding carboxylic acids is 1. The quantitative estimate of drug-likeness (QED) is 0.430. The summed E-state index contributed by atoms with van der Waals surface area (Å²) in [5.41, 5.74) is 4.73. The van der Waals surface area contributed by atoms with Gasteiger partial charge in [-0.15, -0.1) is 0 Å². The molecular weight excluding hydrogens is 400 g/mol. The Morgan fingerprint density at radius 3 is 2.22 bits per heavy atom. The molecule has 0 aliphatic rings. The molecule has 0 aliphatic heterocycles. The third-order valence-electron chi connectivity index (χ3n) is 5.30. The zero-order chi connectivity index (χ0) is 22.3. The number of anilines is 1. The zero-order valence-electron chi connectivity index (χ0n) is 18.2. The van der Waals surface area contributed by atoms with Crippen LogP contribution in [0.15, 0.2) is 91.4 Å². The van der Waals surface area contributed by atoms with Crippen LogP contribution < -0.4 is 15.4 Å². The summed E-state index contributed by atoms with van der Waals surface area (Å²) in [4.78, 5) is 16.9. The Labute approximate surface area is 187 Å². The number of aryl methyl sites for hydroxylation is 1. The molecule has 0 bridgehead atoms. The SMILES string of the molecule is COc1cc(NC(=O)NCC(c2ccccc2)c2ccccc2)ccc1-n1cnc(C)c1. The number of hydrogen-bond donors (Lipinski definition) is 2. The third kappa shape index (κ3) is 4.98. The lowest BCUT2D eigenvalue weighted by molar-refractivity contribution is 0.252. The van der Waals surface area contributed by atoms with Gasteiger partial charge in [-0.05, 0) is 30.2 Å². The maximum absolute atomic E-state index is 12.7. The molecule has 2 N–H and O–H groups in total. The fourth-order valence-electron chi connectivity index (χ4n) is 3.69. The van der Waals surface area contributed by atoms with Crippen LogP contribution in [0.25, 0.3) is 5.69 Å². The minimum Gasteiger partial charge on any atom is -0.494 e. The van der Waals surface area contributed by atoms with Crippen molar-refractivity contribution in [1.29, 1.82) is 0 Å². The largest absolute Gasteiger partial charge is 0.494 e. The molecule has 0 spiro atoms. The maximum atomic E-state index is 12.7. The highest BCUT2D eigenvalue weighted by molar-refractivity contribution is 5.89. The number of hydrogen-bond acceptors (Lipinski definition) is 3. The van der Waals surface area contributed by atoms with Crippen LogP contribution in [-0.2, 0) is 0 Å². The van der Waals surface area contributed by atoms with Crippen molar-refractivity contribution in [1.82, 2.24) is 14.9 Å². The zero-order valence-corrected chi connectivity index (χ0v) is 18.2. The number of methoxy groups -OCH3 is 1. The van der Waals surface area contributed by atoms with Gasteiger partial charge in [-0.1, -0.05) is 60.7 Å². The molecule has 1 heterocycles. The molecule has 1 aromatic heterocycles. The molecule has 0 saturated heterocycles. The second kappa shape index (κ2) is 9.83. The van der Waals surface area contributed by atoms with Crippen molar-refractivity contribution in [2.45, 2.75) is 12.8 Å². The Morgan fingerprint density at radius 1 is 1.00 bits per heavy atom. The van der Waals surface area contributed by atoms with Gasteiger partial charge >= 0.3 is 6.03 Å². The van der Waals surface area contributed by atoms with E-state index in [0.29, 0.717) is 18.0 Å². The Hall–Kier alpha value is -4.06. The lowest BCUT2D eigenvalue weighted by Gasteiger charge is -2.19. The van der Waals surface area contributed by atoms with Crippen molar-refractivity contribution >= 4 is 11.7 Å². The molecule has 162 valence electrons. The van der Waals surface area contributed by atoms with E-state index in [1.165, 1.54) is 0 Å². The topological polar surface area (TPSA) is 68.2 Å². The van der Waals surface area contributed by atoms with E-state index in [4.69, 9.17) is 4.74 Å². The molecule has 4 aromatic rings. The lowest BCUT2D eigenvalue weighted by Crippen LogP contribution is -2.32. The van der Waals surface area contributed by atoms with Gasteiger partial charge < -0.3 is 19.9 Å². The van der Waals surface area contributed by atoms with Gasteiger partial charge in [0, 0.05) is 30.4 Å². The molecule has 0 fully saturated rings. The summed E-state index contributed by atoms with van der Waals surface area (Å²) in [5, 5.41) is 5.91. The number of carbonyl (C=O) groups is 1. The molecule has 2 amide bonds. The average molecular weight is 427 g/mol. The van der Waals surface area contributed by atoms with Crippen LogP contribution in [0.2, 0.25) is 0 Å². The first-order chi connectivity index (χ1) is 15.6. The van der Waals surface area contributed by atoms with Crippen LogP contribution in [0, 0.1) is 6.92 Å². The van der Waals surface area contributed by atoms with Gasteiger partial charge in [0.05, 0.1) is 24.8 Å².